The number of amides is 1. The molecule has 0 aromatic heterocycles. The Morgan fingerprint density at radius 2 is 1.49 bits per heavy atom. The Morgan fingerprint density at radius 1 is 0.860 bits per heavy atom. The van der Waals surface area contributed by atoms with Crippen molar-refractivity contribution < 1.29 is 33.7 Å². The lowest BCUT2D eigenvalue weighted by molar-refractivity contribution is -0.151. The number of nitrogens with zero attached hydrogens (tertiary/aromatic N) is 1. The molecule has 1 unspecified atom stereocenters. The van der Waals surface area contributed by atoms with E-state index in [1.54, 1.807) is 30.3 Å². The van der Waals surface area contributed by atoms with E-state index in [1.165, 1.54) is 12.0 Å². The molecule has 220 valence electrons. The van der Waals surface area contributed by atoms with Gasteiger partial charge in [-0.25, -0.2) is 9.59 Å². The van der Waals surface area contributed by atoms with Crippen molar-refractivity contribution in [3.8, 4) is 11.5 Å². The third-order valence-corrected chi connectivity index (χ3v) is 7.57. The molecule has 43 heavy (non-hydrogen) atoms. The number of carboxylic acids is 1. The van der Waals surface area contributed by atoms with Crippen molar-refractivity contribution in [2.45, 2.75) is 38.5 Å². The lowest BCUT2D eigenvalue weighted by atomic mass is 9.87. The Labute approximate surface area is 250 Å². The zero-order chi connectivity index (χ0) is 30.3. The van der Waals surface area contributed by atoms with Crippen LogP contribution in [-0.4, -0.2) is 47.6 Å². The summed E-state index contributed by atoms with van der Waals surface area (Å²) in [6, 6.07) is 28.3. The first-order chi connectivity index (χ1) is 20.9. The van der Waals surface area contributed by atoms with Crippen molar-refractivity contribution in [3.05, 3.63) is 130 Å². The van der Waals surface area contributed by atoms with E-state index in [9.17, 15) is 19.5 Å². The van der Waals surface area contributed by atoms with Crippen LogP contribution in [-0.2, 0) is 33.9 Å². The van der Waals surface area contributed by atoms with E-state index in [1.807, 2.05) is 73.7 Å². The number of carbonyl (C=O) groups excluding carboxylic acids is 2. The molecule has 1 amide bonds. The Hall–Kier alpha value is -5.11. The monoisotopic (exact) mass is 579 g/mol. The second-order valence-corrected chi connectivity index (χ2v) is 10.2. The molecule has 0 aliphatic carbocycles. The number of methoxy groups -OCH3 is 1. The molecular weight excluding hydrogens is 546 g/mol. The molecule has 1 heterocycles. The number of carbonyl (C=O) groups is 3. The second-order valence-electron chi connectivity index (χ2n) is 10.2. The first-order valence-corrected chi connectivity index (χ1v) is 14.1. The van der Waals surface area contributed by atoms with Gasteiger partial charge in [0.2, 0.25) is 5.91 Å². The van der Waals surface area contributed by atoms with Crippen LogP contribution >= 0.6 is 0 Å². The van der Waals surface area contributed by atoms with Gasteiger partial charge in [-0.2, -0.15) is 0 Å². The average Bonchev–Trinajstić information content (AvgIpc) is 3.04. The molecule has 0 saturated carbocycles. The molecule has 1 aliphatic rings. The smallest absolute Gasteiger partial charge is 0.337 e. The number of esters is 1. The lowest BCUT2D eigenvalue weighted by Gasteiger charge is -2.37. The third kappa shape index (κ3) is 6.38. The highest BCUT2D eigenvalue weighted by molar-refractivity contribution is 5.91. The molecule has 5 rings (SSSR count). The number of benzene rings is 4. The van der Waals surface area contributed by atoms with Crippen LogP contribution in [0.3, 0.4) is 0 Å². The lowest BCUT2D eigenvalue weighted by Crippen LogP contribution is -2.50. The van der Waals surface area contributed by atoms with Crippen molar-refractivity contribution in [2.24, 2.45) is 0 Å². The summed E-state index contributed by atoms with van der Waals surface area (Å²) < 4.78 is 16.9. The number of hydrogen-bond acceptors (Lipinski definition) is 6. The van der Waals surface area contributed by atoms with E-state index in [0.29, 0.717) is 29.2 Å². The van der Waals surface area contributed by atoms with Crippen LogP contribution in [0.2, 0.25) is 0 Å². The molecule has 0 spiro atoms. The molecule has 1 N–H and O–H groups in total. The minimum Gasteiger partial charge on any atom is -0.490 e. The van der Waals surface area contributed by atoms with Crippen LogP contribution in [0.1, 0.15) is 51.0 Å². The quantitative estimate of drug-likeness (QED) is 0.243. The van der Waals surface area contributed by atoms with E-state index >= 15 is 0 Å². The molecule has 4 aromatic rings. The summed E-state index contributed by atoms with van der Waals surface area (Å²) in [5.74, 6) is -1.50. The van der Waals surface area contributed by atoms with Gasteiger partial charge in [0.1, 0.15) is 12.6 Å². The summed E-state index contributed by atoms with van der Waals surface area (Å²) in [6.45, 7) is 2.54. The van der Waals surface area contributed by atoms with Crippen molar-refractivity contribution in [3.63, 3.8) is 0 Å². The van der Waals surface area contributed by atoms with E-state index in [0.717, 1.165) is 22.3 Å². The predicted molar refractivity (Wildman–Crippen MR) is 160 cm³/mol. The maximum Gasteiger partial charge on any atom is 0.337 e. The van der Waals surface area contributed by atoms with Gasteiger partial charge in [-0.05, 0) is 47.4 Å². The summed E-state index contributed by atoms with van der Waals surface area (Å²) in [5, 5.41) is 10.4. The first-order valence-electron chi connectivity index (χ1n) is 14.1. The van der Waals surface area contributed by atoms with Crippen LogP contribution in [0.5, 0.6) is 11.5 Å². The minimum absolute atomic E-state index is 0.0598. The molecule has 0 radical (unpaired) electrons. The van der Waals surface area contributed by atoms with Gasteiger partial charge in [0, 0.05) is 18.5 Å². The fourth-order valence-electron chi connectivity index (χ4n) is 5.44. The zero-order valence-corrected chi connectivity index (χ0v) is 24.1. The van der Waals surface area contributed by atoms with Gasteiger partial charge in [0.15, 0.2) is 11.5 Å². The largest absolute Gasteiger partial charge is 0.490 e. The van der Waals surface area contributed by atoms with Gasteiger partial charge in [0.25, 0.3) is 0 Å². The standard InChI is InChI=1S/C35H33NO7/c1-3-42-30-19-18-27-21-36(33(37)31(24-10-6-4-7-11-24)25-12-8-5-9-13-25)29(34(38)39)20-28(27)32(30)43-22-23-14-16-26(17-15-23)35(40)41-2/h4-19,29,31H,3,20-22H2,1-2H3,(H,38,39). The Kier molecular flexibility index (Phi) is 9.05. The van der Waals surface area contributed by atoms with Crippen LogP contribution in [0.25, 0.3) is 0 Å². The van der Waals surface area contributed by atoms with Crippen molar-refractivity contribution in [2.75, 3.05) is 13.7 Å². The molecule has 8 nitrogen and oxygen atoms in total. The summed E-state index contributed by atoms with van der Waals surface area (Å²) in [7, 11) is 1.33. The molecule has 1 aliphatic heterocycles. The fraction of sp³-hybridized carbons (Fsp3) is 0.229. The first kappa shape index (κ1) is 29.4. The number of fused-ring (bicyclic) bond motifs is 1. The van der Waals surface area contributed by atoms with Crippen molar-refractivity contribution in [1.29, 1.82) is 0 Å². The van der Waals surface area contributed by atoms with E-state index < -0.39 is 23.9 Å². The SMILES string of the molecule is CCOc1ccc2c(c1OCc1ccc(C(=O)OC)cc1)CC(C(=O)O)N(C(=O)C(c1ccccc1)c1ccccc1)C2. The van der Waals surface area contributed by atoms with Gasteiger partial charge in [-0.1, -0.05) is 78.9 Å². The molecule has 1 atom stereocenters. The van der Waals surface area contributed by atoms with Crippen molar-refractivity contribution >= 4 is 17.8 Å². The molecule has 4 aromatic carbocycles. The Morgan fingerprint density at radius 3 is 2.05 bits per heavy atom. The van der Waals surface area contributed by atoms with Crippen LogP contribution in [0, 0.1) is 0 Å². The summed E-state index contributed by atoms with van der Waals surface area (Å²) in [5.41, 5.74) is 4.32. The fourth-order valence-corrected chi connectivity index (χ4v) is 5.44. The van der Waals surface area contributed by atoms with Crippen molar-refractivity contribution in [1.82, 2.24) is 4.90 Å². The van der Waals surface area contributed by atoms with Crippen LogP contribution in [0.4, 0.5) is 0 Å². The van der Waals surface area contributed by atoms with E-state index in [-0.39, 0.29) is 25.5 Å². The van der Waals surface area contributed by atoms with Gasteiger partial charge < -0.3 is 24.2 Å². The molecule has 0 fully saturated rings. The van der Waals surface area contributed by atoms with Crippen LogP contribution in [0.15, 0.2) is 97.1 Å². The second kappa shape index (κ2) is 13.2. The number of hydrogen-bond donors (Lipinski definition) is 1. The van der Waals surface area contributed by atoms with Gasteiger partial charge in [-0.15, -0.1) is 0 Å². The topological polar surface area (TPSA) is 102 Å². The predicted octanol–water partition coefficient (Wildman–Crippen LogP) is 5.62. The van der Waals surface area contributed by atoms with E-state index in [4.69, 9.17) is 14.2 Å². The Bertz CT molecular complexity index is 1550. The van der Waals surface area contributed by atoms with Gasteiger partial charge in [-0.3, -0.25) is 4.79 Å². The third-order valence-electron chi connectivity index (χ3n) is 7.57. The number of aliphatic carboxylic acids is 1. The highest BCUT2D eigenvalue weighted by Gasteiger charge is 2.40. The molecule has 8 heteroatoms. The Balaban J connectivity index is 1.48. The normalized spacial score (nSPS) is 14.1. The number of ether oxygens (including phenoxy) is 3. The number of carboxylic acid groups (broad SMARTS) is 1. The van der Waals surface area contributed by atoms with Crippen LogP contribution < -0.4 is 9.47 Å². The van der Waals surface area contributed by atoms with Gasteiger partial charge >= 0.3 is 11.9 Å². The summed E-state index contributed by atoms with van der Waals surface area (Å²) >= 11 is 0. The highest BCUT2D eigenvalue weighted by atomic mass is 16.5. The molecule has 0 saturated heterocycles. The zero-order valence-electron chi connectivity index (χ0n) is 24.1. The molecule has 0 bridgehead atoms. The van der Waals surface area contributed by atoms with E-state index in [2.05, 4.69) is 0 Å². The maximum absolute atomic E-state index is 14.3. The van der Waals surface area contributed by atoms with Gasteiger partial charge in [0.05, 0.1) is 25.2 Å². The summed E-state index contributed by atoms with van der Waals surface area (Å²) in [4.78, 5) is 40.2. The highest BCUT2D eigenvalue weighted by Crippen LogP contribution is 2.40. The maximum atomic E-state index is 14.3. The average molecular weight is 580 g/mol. The molecular formula is C35H33NO7. The summed E-state index contributed by atoms with van der Waals surface area (Å²) in [6.07, 6.45) is 0.0598. The number of rotatable bonds is 10. The minimum atomic E-state index is -1.10.